The number of hydrogen-bond acceptors (Lipinski definition) is 3. The summed E-state index contributed by atoms with van der Waals surface area (Å²) >= 11 is 0. The first kappa shape index (κ1) is 15.1. The van der Waals surface area contributed by atoms with Crippen LogP contribution in [0.4, 0.5) is 13.2 Å². The molecule has 0 spiro atoms. The molecule has 1 aliphatic carbocycles. The predicted octanol–water partition coefficient (Wildman–Crippen LogP) is 2.03. The normalized spacial score (nSPS) is 29.7. The molecule has 1 aliphatic heterocycles. The van der Waals surface area contributed by atoms with Gasteiger partial charge in [0.25, 0.3) is 0 Å². The second-order valence-corrected chi connectivity index (χ2v) is 5.58. The first-order valence-corrected chi connectivity index (χ1v) is 7.11. The number of rotatable bonds is 6. The minimum atomic E-state index is -4.22. The second kappa shape index (κ2) is 6.41. The molecule has 6 heteroatoms. The van der Waals surface area contributed by atoms with E-state index in [1.807, 2.05) is 0 Å². The number of alkyl halides is 3. The lowest BCUT2D eigenvalue weighted by Gasteiger charge is -2.40. The molecular weight excluding hydrogens is 257 g/mol. The van der Waals surface area contributed by atoms with E-state index in [2.05, 4.69) is 17.1 Å². The molecule has 1 saturated carbocycles. The molecule has 0 amide bonds. The zero-order chi connectivity index (χ0) is 13.9. The Morgan fingerprint density at radius 2 is 2.05 bits per heavy atom. The molecule has 0 aromatic heterocycles. The zero-order valence-electron chi connectivity index (χ0n) is 11.4. The molecule has 2 atom stereocenters. The Balaban J connectivity index is 1.74. The third-order valence-electron chi connectivity index (χ3n) is 3.99. The summed E-state index contributed by atoms with van der Waals surface area (Å²) in [6.45, 7) is 3.65. The summed E-state index contributed by atoms with van der Waals surface area (Å²) in [5.41, 5.74) is 0. The Morgan fingerprint density at radius 3 is 2.63 bits per heavy atom. The lowest BCUT2D eigenvalue weighted by atomic mass is 10.0. The molecule has 1 heterocycles. The van der Waals surface area contributed by atoms with Crippen molar-refractivity contribution in [1.29, 1.82) is 0 Å². The highest BCUT2D eigenvalue weighted by Crippen LogP contribution is 2.36. The van der Waals surface area contributed by atoms with Crippen LogP contribution in [0.2, 0.25) is 0 Å². The van der Waals surface area contributed by atoms with Gasteiger partial charge in [0.05, 0.1) is 6.61 Å². The Labute approximate surface area is 112 Å². The maximum absolute atomic E-state index is 12.0. The van der Waals surface area contributed by atoms with Crippen molar-refractivity contribution < 1.29 is 17.9 Å². The molecule has 1 N–H and O–H groups in total. The topological polar surface area (TPSA) is 24.5 Å². The molecule has 3 nitrogen and oxygen atoms in total. The molecule has 0 radical (unpaired) electrons. The largest absolute Gasteiger partial charge is 0.411 e. The van der Waals surface area contributed by atoms with Crippen LogP contribution < -0.4 is 5.32 Å². The van der Waals surface area contributed by atoms with Crippen LogP contribution in [0.3, 0.4) is 0 Å². The molecule has 0 aromatic rings. The number of halogens is 3. The summed E-state index contributed by atoms with van der Waals surface area (Å²) in [7, 11) is 0. The van der Waals surface area contributed by atoms with Crippen molar-refractivity contribution in [1.82, 2.24) is 10.2 Å². The van der Waals surface area contributed by atoms with Crippen molar-refractivity contribution in [2.75, 3.05) is 32.8 Å². The van der Waals surface area contributed by atoms with Crippen LogP contribution in [-0.4, -0.2) is 56.0 Å². The quantitative estimate of drug-likeness (QED) is 0.753. The summed E-state index contributed by atoms with van der Waals surface area (Å²) in [5, 5.41) is 3.52. The SMILES string of the molecule is CCC1CN(CCOCC(F)(F)F)C(C2CC2)CN1. The van der Waals surface area contributed by atoms with Crippen LogP contribution in [-0.2, 0) is 4.74 Å². The van der Waals surface area contributed by atoms with Gasteiger partial charge in [-0.3, -0.25) is 4.90 Å². The van der Waals surface area contributed by atoms with E-state index in [-0.39, 0.29) is 6.61 Å². The van der Waals surface area contributed by atoms with Crippen LogP contribution in [0, 0.1) is 5.92 Å². The van der Waals surface area contributed by atoms with E-state index in [0.29, 0.717) is 18.6 Å². The van der Waals surface area contributed by atoms with Gasteiger partial charge in [0.1, 0.15) is 6.61 Å². The summed E-state index contributed by atoms with van der Waals surface area (Å²) in [5.74, 6) is 0.730. The lowest BCUT2D eigenvalue weighted by Crippen LogP contribution is -2.57. The summed E-state index contributed by atoms with van der Waals surface area (Å²) in [6, 6.07) is 0.940. The zero-order valence-corrected chi connectivity index (χ0v) is 11.4. The standard InChI is InChI=1S/C13H23F3N2O/c1-2-11-8-18(5-6-19-9-13(14,15)16)12(7-17-11)10-3-4-10/h10-12,17H,2-9H2,1H3. The van der Waals surface area contributed by atoms with Gasteiger partial charge in [-0.15, -0.1) is 0 Å². The maximum atomic E-state index is 12.0. The summed E-state index contributed by atoms with van der Waals surface area (Å²) in [6.07, 6.45) is -0.658. The summed E-state index contributed by atoms with van der Waals surface area (Å²) in [4.78, 5) is 2.32. The van der Waals surface area contributed by atoms with Gasteiger partial charge < -0.3 is 10.1 Å². The fraction of sp³-hybridized carbons (Fsp3) is 1.00. The minimum Gasteiger partial charge on any atom is -0.371 e. The fourth-order valence-corrected chi connectivity index (χ4v) is 2.75. The molecule has 0 bridgehead atoms. The van der Waals surface area contributed by atoms with Gasteiger partial charge in [-0.1, -0.05) is 6.92 Å². The van der Waals surface area contributed by atoms with E-state index in [1.165, 1.54) is 12.8 Å². The van der Waals surface area contributed by atoms with Crippen LogP contribution in [0.1, 0.15) is 26.2 Å². The van der Waals surface area contributed by atoms with Gasteiger partial charge in [0.2, 0.25) is 0 Å². The minimum absolute atomic E-state index is 0.166. The number of ether oxygens (including phenoxy) is 1. The van der Waals surface area contributed by atoms with Gasteiger partial charge >= 0.3 is 6.18 Å². The maximum Gasteiger partial charge on any atom is 0.411 e. The third kappa shape index (κ3) is 4.93. The van der Waals surface area contributed by atoms with Crippen molar-refractivity contribution in [2.45, 2.75) is 44.4 Å². The highest BCUT2D eigenvalue weighted by atomic mass is 19.4. The molecule has 19 heavy (non-hydrogen) atoms. The van der Waals surface area contributed by atoms with E-state index in [1.54, 1.807) is 0 Å². The van der Waals surface area contributed by atoms with Gasteiger partial charge in [-0.2, -0.15) is 13.2 Å². The highest BCUT2D eigenvalue weighted by Gasteiger charge is 2.38. The van der Waals surface area contributed by atoms with Gasteiger partial charge in [-0.25, -0.2) is 0 Å². The Kier molecular flexibility index (Phi) is 5.09. The smallest absolute Gasteiger partial charge is 0.371 e. The van der Waals surface area contributed by atoms with E-state index >= 15 is 0 Å². The molecule has 112 valence electrons. The molecule has 0 aromatic carbocycles. The van der Waals surface area contributed by atoms with E-state index in [0.717, 1.165) is 25.4 Å². The fourth-order valence-electron chi connectivity index (χ4n) is 2.75. The van der Waals surface area contributed by atoms with E-state index in [9.17, 15) is 13.2 Å². The van der Waals surface area contributed by atoms with Gasteiger partial charge in [-0.05, 0) is 25.2 Å². The van der Waals surface area contributed by atoms with Gasteiger partial charge in [0, 0.05) is 31.7 Å². The molecular formula is C13H23F3N2O. The Hall–Kier alpha value is -0.330. The molecule has 2 aliphatic rings. The van der Waals surface area contributed by atoms with Crippen molar-refractivity contribution in [3.8, 4) is 0 Å². The van der Waals surface area contributed by atoms with E-state index in [4.69, 9.17) is 4.74 Å². The van der Waals surface area contributed by atoms with Crippen molar-refractivity contribution >= 4 is 0 Å². The molecule has 2 fully saturated rings. The molecule has 2 rings (SSSR count). The highest BCUT2D eigenvalue weighted by molar-refractivity contribution is 4.94. The first-order chi connectivity index (χ1) is 8.99. The van der Waals surface area contributed by atoms with E-state index < -0.39 is 12.8 Å². The molecule has 2 unspecified atom stereocenters. The lowest BCUT2D eigenvalue weighted by molar-refractivity contribution is -0.175. The van der Waals surface area contributed by atoms with Gasteiger partial charge in [0.15, 0.2) is 0 Å². The third-order valence-corrected chi connectivity index (χ3v) is 3.99. The van der Waals surface area contributed by atoms with Crippen molar-refractivity contribution in [3.05, 3.63) is 0 Å². The van der Waals surface area contributed by atoms with Crippen LogP contribution >= 0.6 is 0 Å². The van der Waals surface area contributed by atoms with Crippen molar-refractivity contribution in [2.24, 2.45) is 5.92 Å². The van der Waals surface area contributed by atoms with Crippen molar-refractivity contribution in [3.63, 3.8) is 0 Å². The van der Waals surface area contributed by atoms with Crippen LogP contribution in [0.5, 0.6) is 0 Å². The molecule has 1 saturated heterocycles. The Bertz CT molecular complexity index is 282. The average molecular weight is 280 g/mol. The average Bonchev–Trinajstić information content (AvgIpc) is 3.17. The number of hydrogen-bond donors (Lipinski definition) is 1. The van der Waals surface area contributed by atoms with Crippen LogP contribution in [0.25, 0.3) is 0 Å². The second-order valence-electron chi connectivity index (χ2n) is 5.58. The summed E-state index contributed by atoms with van der Waals surface area (Å²) < 4.78 is 40.7. The Morgan fingerprint density at radius 1 is 1.32 bits per heavy atom. The van der Waals surface area contributed by atoms with Crippen LogP contribution in [0.15, 0.2) is 0 Å². The number of piperazine rings is 1. The monoisotopic (exact) mass is 280 g/mol. The first-order valence-electron chi connectivity index (χ1n) is 7.11. The number of nitrogens with one attached hydrogen (secondary N) is 1. The number of nitrogens with zero attached hydrogens (tertiary/aromatic N) is 1. The predicted molar refractivity (Wildman–Crippen MR) is 67.0 cm³/mol.